The Balaban J connectivity index is 1.88. The summed E-state index contributed by atoms with van der Waals surface area (Å²) in [4.78, 5) is 15.7. The van der Waals surface area contributed by atoms with Crippen LogP contribution >= 0.6 is 11.3 Å². The van der Waals surface area contributed by atoms with E-state index in [4.69, 9.17) is 4.52 Å². The van der Waals surface area contributed by atoms with Crippen molar-refractivity contribution in [3.05, 3.63) is 44.8 Å². The minimum atomic E-state index is -0.429. The third kappa shape index (κ3) is 2.42. The Labute approximate surface area is 123 Å². The van der Waals surface area contributed by atoms with Crippen LogP contribution in [0.5, 0.6) is 0 Å². The minimum absolute atomic E-state index is 0.0250. The molecule has 0 spiro atoms. The fraction of sp³-hybridized carbons (Fsp3) is 0.250. The molecule has 0 aromatic carbocycles. The average molecular weight is 305 g/mol. The van der Waals surface area contributed by atoms with Gasteiger partial charge >= 0.3 is 5.69 Å². The fourth-order valence-electron chi connectivity index (χ4n) is 2.06. The lowest BCUT2D eigenvalue weighted by molar-refractivity contribution is -0.386. The molecule has 0 atom stereocenters. The number of aromatic nitrogens is 4. The van der Waals surface area contributed by atoms with Crippen LogP contribution in [0.1, 0.15) is 17.2 Å². The molecule has 8 nitrogen and oxygen atoms in total. The number of nitrogens with zero attached hydrogens (tertiary/aromatic N) is 5. The summed E-state index contributed by atoms with van der Waals surface area (Å²) < 4.78 is 6.69. The number of rotatable bonds is 4. The second-order valence-electron chi connectivity index (χ2n) is 4.43. The highest BCUT2D eigenvalue weighted by Gasteiger charge is 2.22. The minimum Gasteiger partial charge on any atom is -0.333 e. The third-order valence-corrected chi connectivity index (χ3v) is 3.87. The molecule has 0 aliphatic heterocycles. The molecule has 3 aromatic heterocycles. The summed E-state index contributed by atoms with van der Waals surface area (Å²) in [5, 5.41) is 20.9. The van der Waals surface area contributed by atoms with E-state index in [1.54, 1.807) is 13.8 Å². The lowest BCUT2D eigenvalue weighted by Gasteiger charge is -1.98. The van der Waals surface area contributed by atoms with Crippen LogP contribution in [0.15, 0.2) is 22.0 Å². The van der Waals surface area contributed by atoms with E-state index in [1.807, 2.05) is 17.5 Å². The number of hydrogen-bond donors (Lipinski definition) is 0. The Morgan fingerprint density at radius 1 is 1.48 bits per heavy atom. The van der Waals surface area contributed by atoms with E-state index in [0.29, 0.717) is 23.1 Å². The summed E-state index contributed by atoms with van der Waals surface area (Å²) in [6, 6.07) is 3.78. The zero-order valence-corrected chi connectivity index (χ0v) is 12.1. The predicted molar refractivity (Wildman–Crippen MR) is 75.1 cm³/mol. The van der Waals surface area contributed by atoms with Crippen LogP contribution in [0, 0.1) is 24.0 Å². The smallest absolute Gasteiger partial charge is 0.312 e. The standard InChI is InChI=1S/C12H11N5O3S/c1-7-11(17(18)19)8(2)16(14-7)6-10-13-12(20-15-10)9-4-3-5-21-9/h3-5H,6H2,1-2H3. The molecular formula is C12H11N5O3S. The summed E-state index contributed by atoms with van der Waals surface area (Å²) in [7, 11) is 0. The van der Waals surface area contributed by atoms with Gasteiger partial charge < -0.3 is 4.52 Å². The summed E-state index contributed by atoms with van der Waals surface area (Å²) in [5.74, 6) is 0.870. The first-order valence-electron chi connectivity index (χ1n) is 6.11. The summed E-state index contributed by atoms with van der Waals surface area (Å²) in [6.07, 6.45) is 0. The lowest BCUT2D eigenvalue weighted by atomic mass is 10.3. The van der Waals surface area contributed by atoms with Gasteiger partial charge in [-0.15, -0.1) is 11.3 Å². The predicted octanol–water partition coefficient (Wildman–Crippen LogP) is 2.57. The van der Waals surface area contributed by atoms with E-state index in [0.717, 1.165) is 4.88 Å². The maximum Gasteiger partial charge on any atom is 0.312 e. The van der Waals surface area contributed by atoms with Crippen LogP contribution in [0.4, 0.5) is 5.69 Å². The molecular weight excluding hydrogens is 294 g/mol. The van der Waals surface area contributed by atoms with Crippen LogP contribution in [0.2, 0.25) is 0 Å². The summed E-state index contributed by atoms with van der Waals surface area (Å²) in [5.41, 5.74) is 0.872. The van der Waals surface area contributed by atoms with Gasteiger partial charge in [0.2, 0.25) is 0 Å². The van der Waals surface area contributed by atoms with Crippen molar-refractivity contribution >= 4 is 17.0 Å². The molecule has 0 amide bonds. The lowest BCUT2D eigenvalue weighted by Crippen LogP contribution is -2.05. The van der Waals surface area contributed by atoms with Crippen LogP contribution in [0.3, 0.4) is 0 Å². The number of aryl methyl sites for hydroxylation is 1. The first-order chi connectivity index (χ1) is 10.1. The Hall–Kier alpha value is -2.55. The van der Waals surface area contributed by atoms with E-state index in [2.05, 4.69) is 15.2 Å². The van der Waals surface area contributed by atoms with Crippen LogP contribution in [-0.2, 0) is 6.54 Å². The monoisotopic (exact) mass is 305 g/mol. The van der Waals surface area contributed by atoms with E-state index >= 15 is 0 Å². The van der Waals surface area contributed by atoms with E-state index in [-0.39, 0.29) is 12.2 Å². The van der Waals surface area contributed by atoms with Gasteiger partial charge in [-0.25, -0.2) is 0 Å². The molecule has 0 radical (unpaired) electrons. The normalized spacial score (nSPS) is 11.0. The molecule has 0 bridgehead atoms. The second kappa shape index (κ2) is 5.09. The van der Waals surface area contributed by atoms with Crippen LogP contribution < -0.4 is 0 Å². The van der Waals surface area contributed by atoms with E-state index in [1.165, 1.54) is 16.0 Å². The van der Waals surface area contributed by atoms with Gasteiger partial charge in [-0.05, 0) is 25.3 Å². The molecule has 3 aromatic rings. The van der Waals surface area contributed by atoms with Gasteiger partial charge in [0.15, 0.2) is 5.82 Å². The Bertz CT molecular complexity index is 790. The van der Waals surface area contributed by atoms with Gasteiger partial charge in [-0.1, -0.05) is 11.2 Å². The topological polar surface area (TPSA) is 99.9 Å². The first-order valence-corrected chi connectivity index (χ1v) is 6.99. The highest BCUT2D eigenvalue weighted by atomic mass is 32.1. The molecule has 108 valence electrons. The number of hydrogen-bond acceptors (Lipinski definition) is 7. The molecule has 9 heteroatoms. The maximum absolute atomic E-state index is 11.0. The number of nitro groups is 1. The van der Waals surface area contributed by atoms with Gasteiger partial charge in [-0.2, -0.15) is 10.1 Å². The van der Waals surface area contributed by atoms with Crippen molar-refractivity contribution in [2.75, 3.05) is 0 Å². The first kappa shape index (κ1) is 13.4. The van der Waals surface area contributed by atoms with Gasteiger partial charge in [0, 0.05) is 0 Å². The Kier molecular flexibility index (Phi) is 3.26. The van der Waals surface area contributed by atoms with E-state index < -0.39 is 4.92 Å². The average Bonchev–Trinajstić information content (AvgIpc) is 3.11. The Morgan fingerprint density at radius 3 is 2.90 bits per heavy atom. The maximum atomic E-state index is 11.0. The molecule has 0 fully saturated rings. The van der Waals surface area contributed by atoms with Gasteiger partial charge in [0.1, 0.15) is 17.9 Å². The molecule has 0 unspecified atom stereocenters. The molecule has 3 rings (SSSR count). The van der Waals surface area contributed by atoms with Crippen molar-refractivity contribution in [3.63, 3.8) is 0 Å². The van der Waals surface area contributed by atoms with Crippen molar-refractivity contribution in [2.24, 2.45) is 0 Å². The highest BCUT2D eigenvalue weighted by Crippen LogP contribution is 2.24. The van der Waals surface area contributed by atoms with Crippen molar-refractivity contribution in [1.29, 1.82) is 0 Å². The van der Waals surface area contributed by atoms with Crippen LogP contribution in [0.25, 0.3) is 10.8 Å². The zero-order chi connectivity index (χ0) is 15.0. The summed E-state index contributed by atoms with van der Waals surface area (Å²) >= 11 is 1.50. The number of thiophene rings is 1. The van der Waals surface area contributed by atoms with Crippen molar-refractivity contribution < 1.29 is 9.45 Å². The molecule has 3 heterocycles. The zero-order valence-electron chi connectivity index (χ0n) is 11.3. The van der Waals surface area contributed by atoms with Gasteiger partial charge in [-0.3, -0.25) is 14.8 Å². The fourth-order valence-corrected chi connectivity index (χ4v) is 2.70. The quantitative estimate of drug-likeness (QED) is 0.542. The second-order valence-corrected chi connectivity index (χ2v) is 5.37. The van der Waals surface area contributed by atoms with Crippen molar-refractivity contribution in [2.45, 2.75) is 20.4 Å². The molecule has 21 heavy (non-hydrogen) atoms. The molecule has 0 N–H and O–H groups in total. The largest absolute Gasteiger partial charge is 0.333 e. The van der Waals surface area contributed by atoms with E-state index in [9.17, 15) is 10.1 Å². The third-order valence-electron chi connectivity index (χ3n) is 3.02. The molecule has 0 aliphatic carbocycles. The van der Waals surface area contributed by atoms with Crippen molar-refractivity contribution in [1.82, 2.24) is 19.9 Å². The molecule has 0 saturated heterocycles. The SMILES string of the molecule is Cc1nn(Cc2noc(-c3cccs3)n2)c(C)c1[N+](=O)[O-]. The highest BCUT2D eigenvalue weighted by molar-refractivity contribution is 7.13. The van der Waals surface area contributed by atoms with Crippen molar-refractivity contribution in [3.8, 4) is 10.8 Å². The van der Waals surface area contributed by atoms with Crippen LogP contribution in [-0.4, -0.2) is 24.8 Å². The molecule has 0 saturated carbocycles. The van der Waals surface area contributed by atoms with Gasteiger partial charge in [0.05, 0.1) is 9.80 Å². The Morgan fingerprint density at radius 2 is 2.29 bits per heavy atom. The molecule has 0 aliphatic rings. The van der Waals surface area contributed by atoms with Gasteiger partial charge in [0.25, 0.3) is 5.89 Å². The summed E-state index contributed by atoms with van der Waals surface area (Å²) in [6.45, 7) is 3.49.